The van der Waals surface area contributed by atoms with Crippen LogP contribution >= 0.6 is 0 Å². The molecule has 0 aromatic carbocycles. The molecular weight excluding hydrogens is 218 g/mol. The van der Waals surface area contributed by atoms with Gasteiger partial charge in [-0.25, -0.2) is 0 Å². The van der Waals surface area contributed by atoms with Crippen molar-refractivity contribution in [3.8, 4) is 0 Å². The van der Waals surface area contributed by atoms with Crippen LogP contribution in [0.3, 0.4) is 0 Å². The lowest BCUT2D eigenvalue weighted by Crippen LogP contribution is -2.15. The van der Waals surface area contributed by atoms with Crippen molar-refractivity contribution in [3.63, 3.8) is 0 Å². The summed E-state index contributed by atoms with van der Waals surface area (Å²) in [5.74, 6) is -0.106. The molecule has 1 fully saturated rings. The van der Waals surface area contributed by atoms with Crippen LogP contribution in [-0.2, 0) is 0 Å². The normalized spacial score (nSPS) is 16.5. The van der Waals surface area contributed by atoms with Crippen molar-refractivity contribution in [2.24, 2.45) is 5.41 Å². The molecule has 0 unspecified atom stereocenters. The van der Waals surface area contributed by atoms with Gasteiger partial charge in [-0.1, -0.05) is 13.3 Å². The molecule has 1 N–H and O–H groups in total. The second kappa shape index (κ2) is 4.69. The van der Waals surface area contributed by atoms with Gasteiger partial charge in [0.1, 0.15) is 0 Å². The number of hydrogen-bond acceptors (Lipinski definition) is 4. The van der Waals surface area contributed by atoms with Crippen LogP contribution in [0.25, 0.3) is 0 Å². The molecule has 0 bridgehead atoms. The van der Waals surface area contributed by atoms with Crippen LogP contribution in [-0.4, -0.2) is 16.5 Å². The van der Waals surface area contributed by atoms with E-state index in [1.807, 2.05) is 0 Å². The number of rotatable bonds is 6. The van der Waals surface area contributed by atoms with E-state index in [1.165, 1.54) is 37.9 Å². The van der Waals surface area contributed by atoms with E-state index in [-0.39, 0.29) is 5.82 Å². The second-order valence-corrected chi connectivity index (χ2v) is 4.77. The van der Waals surface area contributed by atoms with Gasteiger partial charge in [-0.05, 0) is 40.7 Å². The van der Waals surface area contributed by atoms with E-state index in [4.69, 9.17) is 0 Å². The largest absolute Gasteiger partial charge is 0.381 e. The maximum atomic E-state index is 10.4. The minimum absolute atomic E-state index is 0.106. The zero-order chi connectivity index (χ0) is 12.3. The van der Waals surface area contributed by atoms with E-state index < -0.39 is 4.92 Å². The van der Waals surface area contributed by atoms with Gasteiger partial charge in [-0.3, -0.25) is 0 Å². The van der Waals surface area contributed by atoms with Crippen LogP contribution in [0.15, 0.2) is 18.3 Å². The van der Waals surface area contributed by atoms with Crippen molar-refractivity contribution < 1.29 is 4.92 Å². The van der Waals surface area contributed by atoms with E-state index in [9.17, 15) is 10.1 Å². The predicted octanol–water partition coefficient (Wildman–Crippen LogP) is 2.98. The third-order valence-corrected chi connectivity index (χ3v) is 3.34. The Hall–Kier alpha value is -1.65. The molecule has 1 aliphatic carbocycles. The lowest BCUT2D eigenvalue weighted by atomic mass is 10.0. The number of anilines is 1. The van der Waals surface area contributed by atoms with E-state index in [1.54, 1.807) is 6.07 Å². The first-order chi connectivity index (χ1) is 8.15. The van der Waals surface area contributed by atoms with Crippen molar-refractivity contribution >= 4 is 11.5 Å². The van der Waals surface area contributed by atoms with Crippen LogP contribution in [0.4, 0.5) is 11.5 Å². The lowest BCUT2D eigenvalue weighted by molar-refractivity contribution is -0.389. The molecule has 0 amide bonds. The fraction of sp³-hybridized carbons (Fsp3) is 0.583. The zero-order valence-corrected chi connectivity index (χ0v) is 9.98. The average molecular weight is 235 g/mol. The monoisotopic (exact) mass is 235 g/mol. The minimum atomic E-state index is -0.483. The van der Waals surface area contributed by atoms with Gasteiger partial charge < -0.3 is 15.4 Å². The molecule has 1 aliphatic rings. The number of aromatic nitrogens is 1. The molecule has 1 aromatic rings. The van der Waals surface area contributed by atoms with E-state index >= 15 is 0 Å². The molecule has 1 saturated carbocycles. The quantitative estimate of drug-likeness (QED) is 0.608. The number of pyridine rings is 1. The van der Waals surface area contributed by atoms with Crippen LogP contribution in [0.5, 0.6) is 0 Å². The van der Waals surface area contributed by atoms with Crippen LogP contribution in [0, 0.1) is 15.5 Å². The van der Waals surface area contributed by atoms with Gasteiger partial charge in [0.05, 0.1) is 5.69 Å². The maximum Gasteiger partial charge on any atom is 0.363 e. The van der Waals surface area contributed by atoms with Crippen LogP contribution < -0.4 is 5.32 Å². The predicted molar refractivity (Wildman–Crippen MR) is 66.0 cm³/mol. The average Bonchev–Trinajstić information content (AvgIpc) is 3.08. The molecule has 1 aromatic heterocycles. The molecule has 1 heterocycles. The molecule has 2 rings (SSSR count). The molecule has 0 saturated heterocycles. The second-order valence-electron chi connectivity index (χ2n) is 4.77. The Morgan fingerprint density at radius 1 is 1.53 bits per heavy atom. The number of nitrogens with one attached hydrogen (secondary N) is 1. The van der Waals surface area contributed by atoms with Crippen LogP contribution in [0.1, 0.15) is 32.6 Å². The standard InChI is InChI=1S/C12H17N3O2/c1-2-5-12(6-7-12)9-14-10-3-4-11(13-8-10)15(16)17/h3-4,8,14H,2,5-7,9H2,1H3. The Bertz CT molecular complexity index is 399. The highest BCUT2D eigenvalue weighted by Gasteiger charge is 2.41. The number of nitrogens with zero attached hydrogens (tertiary/aromatic N) is 2. The molecular formula is C12H17N3O2. The molecule has 0 spiro atoms. The first-order valence-corrected chi connectivity index (χ1v) is 5.99. The summed E-state index contributed by atoms with van der Waals surface area (Å²) in [6, 6.07) is 3.15. The Labute approximate surface area is 100 Å². The first kappa shape index (κ1) is 11.8. The van der Waals surface area contributed by atoms with Crippen molar-refractivity contribution in [1.82, 2.24) is 4.98 Å². The van der Waals surface area contributed by atoms with Crippen LogP contribution in [0.2, 0.25) is 0 Å². The number of hydrogen-bond donors (Lipinski definition) is 1. The molecule has 0 atom stereocenters. The Morgan fingerprint density at radius 3 is 2.76 bits per heavy atom. The van der Waals surface area contributed by atoms with Crippen molar-refractivity contribution in [3.05, 3.63) is 28.4 Å². The maximum absolute atomic E-state index is 10.4. The Balaban J connectivity index is 1.89. The molecule has 0 radical (unpaired) electrons. The van der Waals surface area contributed by atoms with Gasteiger partial charge in [0.2, 0.25) is 0 Å². The van der Waals surface area contributed by atoms with Gasteiger partial charge in [0.15, 0.2) is 6.20 Å². The highest BCUT2D eigenvalue weighted by molar-refractivity contribution is 5.43. The first-order valence-electron chi connectivity index (χ1n) is 5.99. The Morgan fingerprint density at radius 2 is 2.29 bits per heavy atom. The molecule has 5 nitrogen and oxygen atoms in total. The third-order valence-electron chi connectivity index (χ3n) is 3.34. The summed E-state index contributed by atoms with van der Waals surface area (Å²) < 4.78 is 0. The highest BCUT2D eigenvalue weighted by atomic mass is 16.6. The minimum Gasteiger partial charge on any atom is -0.381 e. The van der Waals surface area contributed by atoms with Crippen molar-refractivity contribution in [2.45, 2.75) is 32.6 Å². The highest BCUT2D eigenvalue weighted by Crippen LogP contribution is 2.49. The fourth-order valence-electron chi connectivity index (χ4n) is 2.11. The van der Waals surface area contributed by atoms with Gasteiger partial charge >= 0.3 is 5.82 Å². The molecule has 5 heteroatoms. The summed E-state index contributed by atoms with van der Waals surface area (Å²) >= 11 is 0. The summed E-state index contributed by atoms with van der Waals surface area (Å²) in [4.78, 5) is 13.7. The number of nitro groups is 1. The zero-order valence-electron chi connectivity index (χ0n) is 9.98. The van der Waals surface area contributed by atoms with Gasteiger partial charge in [-0.15, -0.1) is 0 Å². The van der Waals surface area contributed by atoms with Gasteiger partial charge in [-0.2, -0.15) is 0 Å². The fourth-order valence-corrected chi connectivity index (χ4v) is 2.11. The van der Waals surface area contributed by atoms with Gasteiger partial charge in [0, 0.05) is 12.6 Å². The SMILES string of the molecule is CCCC1(CNc2ccc([N+](=O)[O-])nc2)CC1. The summed E-state index contributed by atoms with van der Waals surface area (Å²) in [5.41, 5.74) is 1.33. The van der Waals surface area contributed by atoms with Crippen molar-refractivity contribution in [1.29, 1.82) is 0 Å². The topological polar surface area (TPSA) is 68.1 Å². The summed E-state index contributed by atoms with van der Waals surface area (Å²) in [6.07, 6.45) is 6.56. The molecule has 17 heavy (non-hydrogen) atoms. The summed E-state index contributed by atoms with van der Waals surface area (Å²) in [7, 11) is 0. The molecule has 92 valence electrons. The molecule has 0 aliphatic heterocycles. The van der Waals surface area contributed by atoms with Gasteiger partial charge in [0.25, 0.3) is 0 Å². The summed E-state index contributed by atoms with van der Waals surface area (Å²) in [6.45, 7) is 3.15. The lowest BCUT2D eigenvalue weighted by Gasteiger charge is -2.14. The Kier molecular flexibility index (Phi) is 3.26. The summed E-state index contributed by atoms with van der Waals surface area (Å²) in [5, 5.41) is 13.8. The third kappa shape index (κ3) is 2.93. The van der Waals surface area contributed by atoms with E-state index in [0.717, 1.165) is 12.2 Å². The smallest absolute Gasteiger partial charge is 0.363 e. The van der Waals surface area contributed by atoms with E-state index in [2.05, 4.69) is 17.2 Å². The van der Waals surface area contributed by atoms with E-state index in [0.29, 0.717) is 5.41 Å². The van der Waals surface area contributed by atoms with Crippen molar-refractivity contribution in [2.75, 3.05) is 11.9 Å².